The van der Waals surface area contributed by atoms with E-state index in [2.05, 4.69) is 10.6 Å². The number of sulfonamides is 1. The van der Waals surface area contributed by atoms with Crippen LogP contribution in [0.1, 0.15) is 36.5 Å². The van der Waals surface area contributed by atoms with Crippen LogP contribution < -0.4 is 10.6 Å². The van der Waals surface area contributed by atoms with Gasteiger partial charge in [0.1, 0.15) is 6.04 Å². The lowest BCUT2D eigenvalue weighted by Crippen LogP contribution is -2.47. The van der Waals surface area contributed by atoms with Gasteiger partial charge in [-0.15, -0.1) is 0 Å². The van der Waals surface area contributed by atoms with Gasteiger partial charge in [0.05, 0.1) is 4.90 Å². The Balaban J connectivity index is 1.53. The fourth-order valence-electron chi connectivity index (χ4n) is 3.81. The Bertz CT molecular complexity index is 1090. The molecule has 2 aromatic rings. The van der Waals surface area contributed by atoms with Crippen molar-refractivity contribution in [3.05, 3.63) is 59.2 Å². The lowest BCUT2D eigenvalue weighted by atomic mass is 9.97. The van der Waals surface area contributed by atoms with Crippen molar-refractivity contribution >= 4 is 27.5 Å². The highest BCUT2D eigenvalue weighted by molar-refractivity contribution is 7.89. The van der Waals surface area contributed by atoms with Crippen LogP contribution in [0.4, 0.5) is 5.69 Å². The summed E-state index contributed by atoms with van der Waals surface area (Å²) in [5, 5.41) is 5.63. The molecule has 3 rings (SSSR count). The molecule has 0 aromatic heterocycles. The van der Waals surface area contributed by atoms with Crippen LogP contribution in [0.15, 0.2) is 47.4 Å². The number of carbonyl (C=O) groups excluding carboxylic acids is 2. The molecule has 8 heteroatoms. The van der Waals surface area contributed by atoms with Crippen LogP contribution >= 0.6 is 0 Å². The van der Waals surface area contributed by atoms with Crippen LogP contribution in [0.2, 0.25) is 0 Å². The Morgan fingerprint density at radius 2 is 1.56 bits per heavy atom. The first kappa shape index (κ1) is 23.9. The molecule has 7 nitrogen and oxygen atoms in total. The average molecular weight is 458 g/mol. The molecule has 0 bridgehead atoms. The number of nitrogens with zero attached hydrogens (tertiary/aromatic N) is 1. The molecule has 2 amide bonds. The molecule has 1 heterocycles. The summed E-state index contributed by atoms with van der Waals surface area (Å²) < 4.78 is 27.1. The second-order valence-corrected chi connectivity index (χ2v) is 10.5. The number of hydrogen-bond acceptors (Lipinski definition) is 4. The third-order valence-corrected chi connectivity index (χ3v) is 7.79. The predicted octanol–water partition coefficient (Wildman–Crippen LogP) is 3.16. The first-order valence-corrected chi connectivity index (χ1v) is 12.3. The zero-order valence-corrected chi connectivity index (χ0v) is 19.8. The summed E-state index contributed by atoms with van der Waals surface area (Å²) in [7, 11) is -3.57. The molecule has 0 radical (unpaired) electrons. The Kier molecular flexibility index (Phi) is 7.36. The van der Waals surface area contributed by atoms with Gasteiger partial charge in [0.25, 0.3) is 0 Å². The van der Waals surface area contributed by atoms with Gasteiger partial charge < -0.3 is 10.6 Å². The predicted molar refractivity (Wildman–Crippen MR) is 125 cm³/mol. The van der Waals surface area contributed by atoms with Gasteiger partial charge in [-0.1, -0.05) is 35.4 Å². The third kappa shape index (κ3) is 5.55. The van der Waals surface area contributed by atoms with Gasteiger partial charge >= 0.3 is 0 Å². The van der Waals surface area contributed by atoms with Crippen molar-refractivity contribution in [2.24, 2.45) is 5.92 Å². The van der Waals surface area contributed by atoms with E-state index in [1.165, 1.54) is 4.31 Å². The van der Waals surface area contributed by atoms with Crippen molar-refractivity contribution in [3.8, 4) is 0 Å². The number of benzene rings is 2. The summed E-state index contributed by atoms with van der Waals surface area (Å²) >= 11 is 0. The van der Waals surface area contributed by atoms with E-state index < -0.39 is 16.1 Å². The fraction of sp³-hybridized carbons (Fsp3) is 0.417. The maximum Gasteiger partial charge on any atom is 0.246 e. The van der Waals surface area contributed by atoms with E-state index in [0.717, 1.165) is 22.4 Å². The molecule has 2 aromatic carbocycles. The maximum atomic E-state index is 12.8. The lowest BCUT2D eigenvalue weighted by molar-refractivity contribution is -0.129. The Hall–Kier alpha value is -2.71. The number of anilines is 1. The summed E-state index contributed by atoms with van der Waals surface area (Å²) in [6.07, 6.45) is 0.838. The van der Waals surface area contributed by atoms with Crippen LogP contribution in [-0.4, -0.2) is 43.7 Å². The van der Waals surface area contributed by atoms with E-state index in [9.17, 15) is 18.0 Å². The molecule has 0 aliphatic carbocycles. The molecule has 1 aliphatic heterocycles. The number of rotatable bonds is 6. The van der Waals surface area contributed by atoms with Gasteiger partial charge in [0, 0.05) is 24.7 Å². The smallest absolute Gasteiger partial charge is 0.246 e. The molecule has 32 heavy (non-hydrogen) atoms. The molecular weight excluding hydrogens is 426 g/mol. The van der Waals surface area contributed by atoms with Crippen LogP contribution in [0.3, 0.4) is 0 Å². The summed E-state index contributed by atoms with van der Waals surface area (Å²) in [6.45, 7) is 8.01. The largest absolute Gasteiger partial charge is 0.344 e. The van der Waals surface area contributed by atoms with Crippen molar-refractivity contribution < 1.29 is 18.0 Å². The van der Waals surface area contributed by atoms with Crippen molar-refractivity contribution in [3.63, 3.8) is 0 Å². The topological polar surface area (TPSA) is 95.6 Å². The summed E-state index contributed by atoms with van der Waals surface area (Å²) in [5.74, 6) is -0.832. The van der Waals surface area contributed by atoms with E-state index in [0.29, 0.717) is 12.8 Å². The average Bonchev–Trinajstić information content (AvgIpc) is 2.76. The first-order chi connectivity index (χ1) is 15.1. The van der Waals surface area contributed by atoms with Gasteiger partial charge in [-0.05, 0) is 64.3 Å². The summed E-state index contributed by atoms with van der Waals surface area (Å²) in [6, 6.07) is 11.8. The summed E-state index contributed by atoms with van der Waals surface area (Å²) in [5.41, 5.74) is 3.78. The summed E-state index contributed by atoms with van der Waals surface area (Å²) in [4.78, 5) is 25.5. The normalized spacial score (nSPS) is 16.4. The minimum atomic E-state index is -3.57. The standard InChI is InChI=1S/C24H31N3O4S/c1-16-5-8-21(9-6-16)32(30,31)27-13-11-20(12-14-27)24(29)25-19(4)23(28)26-22-10-7-17(2)15-18(22)3/h5-10,15,19-20H,11-14H2,1-4H3,(H,25,29)(H,26,28)/t19-/m1/s1. The van der Waals surface area contributed by atoms with Crippen molar-refractivity contribution in [2.75, 3.05) is 18.4 Å². The number of aryl methyl sites for hydroxylation is 3. The molecule has 1 atom stereocenters. The zero-order valence-electron chi connectivity index (χ0n) is 19.0. The van der Waals surface area contributed by atoms with Gasteiger partial charge in [-0.2, -0.15) is 4.31 Å². The van der Waals surface area contributed by atoms with Crippen LogP contribution in [0.25, 0.3) is 0 Å². The Labute approximate surface area is 190 Å². The SMILES string of the molecule is Cc1ccc(S(=O)(=O)N2CCC(C(=O)N[C@H](C)C(=O)Nc3ccc(C)cc3C)CC2)cc1. The monoisotopic (exact) mass is 457 g/mol. The van der Waals surface area contributed by atoms with Crippen LogP contribution in [-0.2, 0) is 19.6 Å². The Morgan fingerprint density at radius 1 is 0.969 bits per heavy atom. The molecular formula is C24H31N3O4S. The minimum Gasteiger partial charge on any atom is -0.344 e. The molecule has 0 saturated carbocycles. The van der Waals surface area contributed by atoms with E-state index in [1.807, 2.05) is 39.0 Å². The second-order valence-electron chi connectivity index (χ2n) is 8.53. The molecule has 1 fully saturated rings. The van der Waals surface area contributed by atoms with Gasteiger partial charge in [0.2, 0.25) is 21.8 Å². The van der Waals surface area contributed by atoms with Gasteiger partial charge in [0.15, 0.2) is 0 Å². The van der Waals surface area contributed by atoms with E-state index in [1.54, 1.807) is 31.2 Å². The first-order valence-electron chi connectivity index (χ1n) is 10.8. The van der Waals surface area contributed by atoms with Crippen molar-refractivity contribution in [1.29, 1.82) is 0 Å². The molecule has 172 valence electrons. The Morgan fingerprint density at radius 3 is 2.16 bits per heavy atom. The number of piperidine rings is 1. The van der Waals surface area contributed by atoms with Gasteiger partial charge in [-0.3, -0.25) is 9.59 Å². The molecule has 1 aliphatic rings. The zero-order chi connectivity index (χ0) is 23.5. The highest BCUT2D eigenvalue weighted by Gasteiger charge is 2.33. The number of amides is 2. The number of nitrogens with one attached hydrogen (secondary N) is 2. The van der Waals surface area contributed by atoms with E-state index in [-0.39, 0.29) is 35.7 Å². The van der Waals surface area contributed by atoms with Crippen LogP contribution in [0.5, 0.6) is 0 Å². The van der Waals surface area contributed by atoms with Gasteiger partial charge in [-0.25, -0.2) is 8.42 Å². The second kappa shape index (κ2) is 9.83. The molecule has 1 saturated heterocycles. The highest BCUT2D eigenvalue weighted by Crippen LogP contribution is 2.24. The molecule has 0 spiro atoms. The highest BCUT2D eigenvalue weighted by atomic mass is 32.2. The molecule has 0 unspecified atom stereocenters. The van der Waals surface area contributed by atoms with Crippen LogP contribution in [0, 0.1) is 26.7 Å². The van der Waals surface area contributed by atoms with E-state index >= 15 is 0 Å². The lowest BCUT2D eigenvalue weighted by Gasteiger charge is -2.31. The van der Waals surface area contributed by atoms with Crippen molar-refractivity contribution in [2.45, 2.75) is 51.5 Å². The minimum absolute atomic E-state index is 0.222. The number of carbonyl (C=O) groups is 2. The van der Waals surface area contributed by atoms with Crippen molar-refractivity contribution in [1.82, 2.24) is 9.62 Å². The number of hydrogen-bond donors (Lipinski definition) is 2. The van der Waals surface area contributed by atoms with E-state index in [4.69, 9.17) is 0 Å². The maximum absolute atomic E-state index is 12.8. The quantitative estimate of drug-likeness (QED) is 0.697. The molecule has 2 N–H and O–H groups in total. The fourth-order valence-corrected chi connectivity index (χ4v) is 5.28. The third-order valence-electron chi connectivity index (χ3n) is 5.88.